The highest BCUT2D eigenvalue weighted by Crippen LogP contribution is 2.44. The van der Waals surface area contributed by atoms with Gasteiger partial charge in [0.05, 0.1) is 12.7 Å². The largest absolute Gasteiger partial charge is 0.496 e. The number of rotatable bonds is 10. The third kappa shape index (κ3) is 6.50. The normalized spacial score (nSPS) is 16.7. The highest BCUT2D eigenvalue weighted by Gasteiger charge is 2.30. The number of methoxy groups -OCH3 is 1. The third-order valence-electron chi connectivity index (χ3n) is 7.31. The van der Waals surface area contributed by atoms with Crippen molar-refractivity contribution in [3.63, 3.8) is 0 Å². The van der Waals surface area contributed by atoms with Crippen molar-refractivity contribution < 1.29 is 38.5 Å². The molecule has 0 spiro atoms. The number of hydrogen-bond donors (Lipinski definition) is 3. The molecule has 3 aromatic carbocycles. The van der Waals surface area contributed by atoms with E-state index in [4.69, 9.17) is 19.0 Å². The number of hydrogen-bond acceptors (Lipinski definition) is 7. The molecule has 2 unspecified atom stereocenters. The van der Waals surface area contributed by atoms with Gasteiger partial charge in [0.2, 0.25) is 0 Å². The number of carboxylic acid groups (broad SMARTS) is 1. The predicted molar refractivity (Wildman–Crippen MR) is 148 cm³/mol. The fraction of sp³-hybridized carbons (Fsp3) is 0.323. The summed E-state index contributed by atoms with van der Waals surface area (Å²) in [5, 5.41) is 12.2. The van der Waals surface area contributed by atoms with E-state index in [0.29, 0.717) is 18.6 Å². The molecule has 1 heterocycles. The van der Waals surface area contributed by atoms with E-state index in [-0.39, 0.29) is 30.3 Å². The van der Waals surface area contributed by atoms with Crippen LogP contribution in [0.5, 0.6) is 5.75 Å². The Labute approximate surface area is 237 Å². The highest BCUT2D eigenvalue weighted by molar-refractivity contribution is 5.96. The Hall–Kier alpha value is -4.41. The first kappa shape index (κ1) is 28.1. The fourth-order valence-electron chi connectivity index (χ4n) is 5.25. The van der Waals surface area contributed by atoms with Gasteiger partial charge in [0.15, 0.2) is 6.29 Å². The van der Waals surface area contributed by atoms with Gasteiger partial charge in [-0.05, 0) is 52.8 Å². The number of carbonyl (C=O) groups is 3. The van der Waals surface area contributed by atoms with Crippen molar-refractivity contribution in [2.24, 2.45) is 0 Å². The molecule has 10 heteroatoms. The monoisotopic (exact) mass is 560 g/mol. The van der Waals surface area contributed by atoms with Gasteiger partial charge < -0.3 is 24.6 Å². The van der Waals surface area contributed by atoms with Crippen molar-refractivity contribution in [3.05, 3.63) is 89.0 Å². The van der Waals surface area contributed by atoms with Crippen LogP contribution < -0.4 is 15.5 Å². The van der Waals surface area contributed by atoms with Gasteiger partial charge in [-0.1, -0.05) is 54.6 Å². The predicted octanol–water partition coefficient (Wildman–Crippen LogP) is 4.42. The van der Waals surface area contributed by atoms with Crippen molar-refractivity contribution in [1.29, 1.82) is 0 Å². The summed E-state index contributed by atoms with van der Waals surface area (Å²) in [5.41, 5.74) is 7.45. The van der Waals surface area contributed by atoms with Crippen LogP contribution in [0.15, 0.2) is 66.7 Å². The minimum atomic E-state index is -1.26. The molecule has 0 saturated carbocycles. The Bertz CT molecular complexity index is 1370. The van der Waals surface area contributed by atoms with E-state index in [1.54, 1.807) is 12.1 Å². The molecule has 214 valence electrons. The number of benzene rings is 3. The van der Waals surface area contributed by atoms with Gasteiger partial charge in [-0.15, -0.1) is 0 Å². The maximum atomic E-state index is 12.7. The minimum absolute atomic E-state index is 0.0514. The van der Waals surface area contributed by atoms with Gasteiger partial charge in [-0.25, -0.2) is 19.9 Å². The lowest BCUT2D eigenvalue weighted by atomic mass is 9.98. The molecule has 3 aromatic rings. The molecular formula is C31H32N2O8. The molecule has 0 aromatic heterocycles. The van der Waals surface area contributed by atoms with Crippen LogP contribution in [0.1, 0.15) is 52.2 Å². The zero-order valence-corrected chi connectivity index (χ0v) is 22.6. The molecule has 1 fully saturated rings. The summed E-state index contributed by atoms with van der Waals surface area (Å²) in [5.74, 6) is -1.65. The van der Waals surface area contributed by atoms with Gasteiger partial charge in [0.25, 0.3) is 5.91 Å². The summed E-state index contributed by atoms with van der Waals surface area (Å²) < 4.78 is 16.3. The number of ether oxygens (including phenoxy) is 3. The number of amides is 2. The lowest BCUT2D eigenvalue weighted by Gasteiger charge is -2.22. The molecule has 0 bridgehead atoms. The smallest absolute Gasteiger partial charge is 0.407 e. The number of aliphatic carboxylic acids is 1. The van der Waals surface area contributed by atoms with Crippen LogP contribution in [0.4, 0.5) is 4.79 Å². The number of carbonyl (C=O) groups excluding carboxylic acids is 2. The summed E-state index contributed by atoms with van der Waals surface area (Å²) in [6.07, 6.45) is 1.21. The van der Waals surface area contributed by atoms with Gasteiger partial charge in [0.1, 0.15) is 18.4 Å². The first-order valence-corrected chi connectivity index (χ1v) is 13.5. The molecule has 5 rings (SSSR count). The van der Waals surface area contributed by atoms with Crippen LogP contribution in [0, 0.1) is 0 Å². The average Bonchev–Trinajstić information content (AvgIpc) is 3.32. The molecule has 3 N–H and O–H groups in total. The molecule has 2 amide bonds. The molecule has 1 aliphatic heterocycles. The van der Waals surface area contributed by atoms with Crippen molar-refractivity contribution >= 4 is 18.0 Å². The minimum Gasteiger partial charge on any atom is -0.496 e. The van der Waals surface area contributed by atoms with Crippen molar-refractivity contribution in [2.45, 2.75) is 43.9 Å². The van der Waals surface area contributed by atoms with Crippen LogP contribution in [-0.2, 0) is 25.5 Å². The summed E-state index contributed by atoms with van der Waals surface area (Å²) in [7, 11) is 1.41. The van der Waals surface area contributed by atoms with Gasteiger partial charge in [-0.2, -0.15) is 0 Å². The van der Waals surface area contributed by atoms with E-state index in [2.05, 4.69) is 10.8 Å². The second-order valence-corrected chi connectivity index (χ2v) is 9.94. The zero-order chi connectivity index (χ0) is 28.8. The maximum absolute atomic E-state index is 12.7. The standard InChI is InChI=1S/C31H32N2O8/c1-38-27-17-19(13-14-24(27)29(34)33-41-28-12-6-7-15-39-28)16-26(30(35)36)32-31(37)40-18-25-22-10-4-2-8-20(22)21-9-3-5-11-23(21)25/h2-5,8-11,13-14,17,25-26,28H,6-7,12,15-16,18H2,1H3,(H,32,37)(H,33,34)(H,35,36). The highest BCUT2D eigenvalue weighted by atomic mass is 16.8. The SMILES string of the molecule is COc1cc(CC(NC(=O)OCC2c3ccccc3-c3ccccc32)C(=O)O)ccc1C(=O)NOC1CCCCO1. The number of carboxylic acids is 1. The summed E-state index contributed by atoms with van der Waals surface area (Å²) in [4.78, 5) is 42.7. The van der Waals surface area contributed by atoms with Gasteiger partial charge in [0, 0.05) is 25.4 Å². The van der Waals surface area contributed by atoms with E-state index in [9.17, 15) is 19.5 Å². The number of hydroxylamine groups is 1. The Morgan fingerprint density at radius 2 is 1.71 bits per heavy atom. The van der Waals surface area contributed by atoms with Gasteiger partial charge in [-0.3, -0.25) is 4.79 Å². The topological polar surface area (TPSA) is 132 Å². The molecule has 2 aliphatic rings. The van der Waals surface area contributed by atoms with E-state index in [1.165, 1.54) is 13.2 Å². The first-order chi connectivity index (χ1) is 19.9. The number of alkyl carbamates (subject to hydrolysis) is 1. The number of fused-ring (bicyclic) bond motifs is 3. The molecule has 2 atom stereocenters. The molecule has 1 aliphatic carbocycles. The summed E-state index contributed by atoms with van der Waals surface area (Å²) in [6, 6.07) is 19.3. The lowest BCUT2D eigenvalue weighted by molar-refractivity contribution is -0.186. The Morgan fingerprint density at radius 3 is 2.34 bits per heavy atom. The van der Waals surface area contributed by atoms with Crippen LogP contribution in [0.2, 0.25) is 0 Å². The molecule has 1 saturated heterocycles. The van der Waals surface area contributed by atoms with Crippen molar-refractivity contribution in [2.75, 3.05) is 20.3 Å². The Morgan fingerprint density at radius 1 is 1.00 bits per heavy atom. The van der Waals surface area contributed by atoms with Crippen LogP contribution >= 0.6 is 0 Å². The van der Waals surface area contributed by atoms with E-state index >= 15 is 0 Å². The van der Waals surface area contributed by atoms with E-state index < -0.39 is 30.3 Å². The Kier molecular flexibility index (Phi) is 8.81. The van der Waals surface area contributed by atoms with Crippen LogP contribution in [0.25, 0.3) is 11.1 Å². The van der Waals surface area contributed by atoms with Crippen LogP contribution in [0.3, 0.4) is 0 Å². The van der Waals surface area contributed by atoms with Crippen molar-refractivity contribution in [3.8, 4) is 16.9 Å². The molecular weight excluding hydrogens is 528 g/mol. The van der Waals surface area contributed by atoms with E-state index in [0.717, 1.165) is 35.1 Å². The molecule has 0 radical (unpaired) electrons. The Balaban J connectivity index is 1.19. The second kappa shape index (κ2) is 12.8. The van der Waals surface area contributed by atoms with Crippen molar-refractivity contribution in [1.82, 2.24) is 10.8 Å². The van der Waals surface area contributed by atoms with Crippen LogP contribution in [-0.4, -0.2) is 55.7 Å². The molecule has 10 nitrogen and oxygen atoms in total. The lowest BCUT2D eigenvalue weighted by Crippen LogP contribution is -2.43. The maximum Gasteiger partial charge on any atom is 0.407 e. The van der Waals surface area contributed by atoms with Gasteiger partial charge >= 0.3 is 12.1 Å². The first-order valence-electron chi connectivity index (χ1n) is 13.5. The fourth-order valence-corrected chi connectivity index (χ4v) is 5.25. The quantitative estimate of drug-likeness (QED) is 0.311. The zero-order valence-electron chi connectivity index (χ0n) is 22.6. The molecule has 41 heavy (non-hydrogen) atoms. The average molecular weight is 561 g/mol. The third-order valence-corrected chi connectivity index (χ3v) is 7.31. The summed E-state index contributed by atoms with van der Waals surface area (Å²) >= 11 is 0. The number of nitrogens with one attached hydrogen (secondary N) is 2. The second-order valence-electron chi connectivity index (χ2n) is 9.94. The van der Waals surface area contributed by atoms with E-state index in [1.807, 2.05) is 48.5 Å². The summed E-state index contributed by atoms with van der Waals surface area (Å²) in [6.45, 7) is 0.644.